The molecule has 1 aromatic carbocycles. The second kappa shape index (κ2) is 7.24. The monoisotopic (exact) mass is 281 g/mol. The van der Waals surface area contributed by atoms with Gasteiger partial charge < -0.3 is 5.32 Å². The Morgan fingerprint density at radius 2 is 1.84 bits per heavy atom. The van der Waals surface area contributed by atoms with Crippen LogP contribution in [0.1, 0.15) is 19.4 Å². The van der Waals surface area contributed by atoms with E-state index in [4.69, 9.17) is 5.26 Å². The fraction of sp³-hybridized carbons (Fsp3) is 0.462. The molecule has 0 saturated heterocycles. The minimum Gasteiger partial charge on any atom is -0.313 e. The molecule has 6 heteroatoms. The molecule has 0 heterocycles. The fourth-order valence-corrected chi connectivity index (χ4v) is 2.54. The maximum atomic E-state index is 11.9. The first-order chi connectivity index (χ1) is 8.95. The first-order valence-corrected chi connectivity index (χ1v) is 7.63. The van der Waals surface area contributed by atoms with Crippen LogP contribution in [0.5, 0.6) is 0 Å². The molecule has 0 spiro atoms. The second-order valence-corrected chi connectivity index (χ2v) is 6.25. The summed E-state index contributed by atoms with van der Waals surface area (Å²) in [6, 6.07) is 8.70. The lowest BCUT2D eigenvalue weighted by atomic mass is 10.2. The summed E-state index contributed by atoms with van der Waals surface area (Å²) in [6.45, 7) is 4.94. The van der Waals surface area contributed by atoms with E-state index in [9.17, 15) is 8.42 Å². The Morgan fingerprint density at radius 1 is 1.21 bits per heavy atom. The van der Waals surface area contributed by atoms with Crippen molar-refractivity contribution in [3.8, 4) is 6.07 Å². The fourth-order valence-electron chi connectivity index (χ4n) is 1.51. The summed E-state index contributed by atoms with van der Waals surface area (Å²) < 4.78 is 26.4. The van der Waals surface area contributed by atoms with Crippen molar-refractivity contribution >= 4 is 10.0 Å². The van der Waals surface area contributed by atoms with Crippen molar-refractivity contribution in [2.45, 2.75) is 31.2 Å². The van der Waals surface area contributed by atoms with Crippen LogP contribution in [0, 0.1) is 11.3 Å². The highest BCUT2D eigenvalue weighted by molar-refractivity contribution is 7.89. The van der Waals surface area contributed by atoms with Gasteiger partial charge >= 0.3 is 0 Å². The van der Waals surface area contributed by atoms with Crippen LogP contribution in [0.4, 0.5) is 0 Å². The van der Waals surface area contributed by atoms with E-state index in [0.29, 0.717) is 19.1 Å². The number of nitrogens with zero attached hydrogens (tertiary/aromatic N) is 1. The van der Waals surface area contributed by atoms with E-state index in [1.54, 1.807) is 12.1 Å². The van der Waals surface area contributed by atoms with Crippen molar-refractivity contribution in [1.82, 2.24) is 10.0 Å². The highest BCUT2D eigenvalue weighted by atomic mass is 32.2. The molecule has 5 nitrogen and oxygen atoms in total. The average Bonchev–Trinajstić information content (AvgIpc) is 2.36. The van der Waals surface area contributed by atoms with Gasteiger partial charge in [0.2, 0.25) is 10.0 Å². The molecular formula is C13H19N3O2S. The largest absolute Gasteiger partial charge is 0.313 e. The number of nitrogens with one attached hydrogen (secondary N) is 2. The normalized spacial score (nSPS) is 11.5. The maximum absolute atomic E-state index is 11.9. The molecule has 0 amide bonds. The summed E-state index contributed by atoms with van der Waals surface area (Å²) in [5.74, 6) is 0. The summed E-state index contributed by atoms with van der Waals surface area (Å²) in [7, 11) is -3.46. The van der Waals surface area contributed by atoms with Gasteiger partial charge in [0, 0.05) is 19.1 Å². The maximum Gasteiger partial charge on any atom is 0.240 e. The molecule has 0 aromatic heterocycles. The topological polar surface area (TPSA) is 82.0 Å². The van der Waals surface area contributed by atoms with Gasteiger partial charge in [0.1, 0.15) is 0 Å². The zero-order valence-electron chi connectivity index (χ0n) is 11.2. The lowest BCUT2D eigenvalue weighted by molar-refractivity contribution is 0.559. The molecule has 0 aliphatic heterocycles. The van der Waals surface area contributed by atoms with Crippen molar-refractivity contribution in [3.05, 3.63) is 29.8 Å². The number of benzene rings is 1. The number of hydrogen-bond donors (Lipinski definition) is 2. The van der Waals surface area contributed by atoms with Crippen LogP contribution in [0.2, 0.25) is 0 Å². The molecule has 0 atom stereocenters. The highest BCUT2D eigenvalue weighted by Crippen LogP contribution is 2.10. The molecule has 0 radical (unpaired) electrons. The second-order valence-electron chi connectivity index (χ2n) is 4.49. The minimum atomic E-state index is -3.46. The van der Waals surface area contributed by atoms with Crippen LogP contribution in [-0.4, -0.2) is 27.5 Å². The molecule has 0 saturated carbocycles. The molecule has 104 valence electrons. The van der Waals surface area contributed by atoms with Crippen molar-refractivity contribution in [2.24, 2.45) is 0 Å². The Kier molecular flexibility index (Phi) is 5.96. The Hall–Kier alpha value is -1.42. The van der Waals surface area contributed by atoms with Gasteiger partial charge in [0.05, 0.1) is 17.4 Å². The van der Waals surface area contributed by atoms with Crippen molar-refractivity contribution in [2.75, 3.05) is 13.1 Å². The number of sulfonamides is 1. The third-order valence-corrected chi connectivity index (χ3v) is 3.96. The van der Waals surface area contributed by atoms with Crippen LogP contribution in [0.25, 0.3) is 0 Å². The first kappa shape index (κ1) is 15.6. The predicted octanol–water partition coefficient (Wildman–Crippen LogP) is 1.03. The summed E-state index contributed by atoms with van der Waals surface area (Å²) >= 11 is 0. The van der Waals surface area contributed by atoms with Gasteiger partial charge in [-0.05, 0) is 17.7 Å². The van der Waals surface area contributed by atoms with Crippen molar-refractivity contribution in [1.29, 1.82) is 5.26 Å². The summed E-state index contributed by atoms with van der Waals surface area (Å²) in [5, 5.41) is 11.7. The third kappa shape index (κ3) is 5.39. The Labute approximate surface area is 114 Å². The molecule has 0 aliphatic carbocycles. The van der Waals surface area contributed by atoms with Gasteiger partial charge in [-0.2, -0.15) is 5.26 Å². The zero-order chi connectivity index (χ0) is 14.3. The smallest absolute Gasteiger partial charge is 0.240 e. The van der Waals surface area contributed by atoms with E-state index in [0.717, 1.165) is 5.56 Å². The highest BCUT2D eigenvalue weighted by Gasteiger charge is 2.12. The standard InChI is InChI=1S/C13H19N3O2S/c1-11(2)15-9-10-16-19(17,18)13-5-3-12(4-6-13)7-8-14/h3-6,11,15-16H,7,9-10H2,1-2H3. The van der Waals surface area contributed by atoms with E-state index in [2.05, 4.69) is 10.0 Å². The lowest BCUT2D eigenvalue weighted by Gasteiger charge is -2.10. The molecule has 19 heavy (non-hydrogen) atoms. The van der Waals surface area contributed by atoms with E-state index in [-0.39, 0.29) is 11.3 Å². The summed E-state index contributed by atoms with van der Waals surface area (Å²) in [4.78, 5) is 0.221. The molecule has 0 fully saturated rings. The van der Waals surface area contributed by atoms with Crippen LogP contribution >= 0.6 is 0 Å². The van der Waals surface area contributed by atoms with Gasteiger partial charge in [-0.15, -0.1) is 0 Å². The van der Waals surface area contributed by atoms with Crippen LogP contribution in [-0.2, 0) is 16.4 Å². The van der Waals surface area contributed by atoms with E-state index >= 15 is 0 Å². The Balaban J connectivity index is 2.59. The predicted molar refractivity (Wildman–Crippen MR) is 74.1 cm³/mol. The average molecular weight is 281 g/mol. The van der Waals surface area contributed by atoms with Gasteiger partial charge in [-0.3, -0.25) is 0 Å². The summed E-state index contributed by atoms with van der Waals surface area (Å²) in [5.41, 5.74) is 0.808. The Morgan fingerprint density at radius 3 is 2.37 bits per heavy atom. The van der Waals surface area contributed by atoms with E-state index in [1.807, 2.05) is 19.9 Å². The molecule has 1 aromatic rings. The molecule has 0 aliphatic rings. The summed E-state index contributed by atoms with van der Waals surface area (Å²) in [6.07, 6.45) is 0.284. The number of rotatable bonds is 7. The van der Waals surface area contributed by atoms with E-state index < -0.39 is 10.0 Å². The zero-order valence-corrected chi connectivity index (χ0v) is 12.0. The molecule has 0 bridgehead atoms. The van der Waals surface area contributed by atoms with Crippen LogP contribution < -0.4 is 10.0 Å². The molecular weight excluding hydrogens is 262 g/mol. The Bertz CT molecular complexity index is 530. The van der Waals surface area contributed by atoms with Gasteiger partial charge in [-0.25, -0.2) is 13.1 Å². The lowest BCUT2D eigenvalue weighted by Crippen LogP contribution is -2.34. The van der Waals surface area contributed by atoms with Crippen molar-refractivity contribution in [3.63, 3.8) is 0 Å². The number of hydrogen-bond acceptors (Lipinski definition) is 4. The van der Waals surface area contributed by atoms with Crippen molar-refractivity contribution < 1.29 is 8.42 Å². The molecule has 1 rings (SSSR count). The van der Waals surface area contributed by atoms with E-state index in [1.165, 1.54) is 12.1 Å². The SMILES string of the molecule is CC(C)NCCNS(=O)(=O)c1ccc(CC#N)cc1. The minimum absolute atomic E-state index is 0.221. The number of nitriles is 1. The van der Waals surface area contributed by atoms with Crippen LogP contribution in [0.3, 0.4) is 0 Å². The first-order valence-electron chi connectivity index (χ1n) is 6.14. The van der Waals surface area contributed by atoms with Gasteiger partial charge in [-0.1, -0.05) is 26.0 Å². The quantitative estimate of drug-likeness (QED) is 0.731. The van der Waals surface area contributed by atoms with Crippen LogP contribution in [0.15, 0.2) is 29.2 Å². The third-order valence-electron chi connectivity index (χ3n) is 2.49. The van der Waals surface area contributed by atoms with Gasteiger partial charge in [0.15, 0.2) is 0 Å². The molecule has 2 N–H and O–H groups in total. The molecule has 0 unspecified atom stereocenters. The van der Waals surface area contributed by atoms with Gasteiger partial charge in [0.25, 0.3) is 0 Å².